The first-order valence-electron chi connectivity index (χ1n) is 5.83. The molecule has 1 aromatic carbocycles. The summed E-state index contributed by atoms with van der Waals surface area (Å²) in [7, 11) is -3.98. The van der Waals surface area contributed by atoms with E-state index in [-0.39, 0.29) is 0 Å². The minimum absolute atomic E-state index is 0.321. The van der Waals surface area contributed by atoms with Crippen LogP contribution < -0.4 is 0 Å². The smallest absolute Gasteiger partial charge is 0.268 e. The Hall–Kier alpha value is -0.780. The lowest BCUT2D eigenvalue weighted by Gasteiger charge is -2.10. The van der Waals surface area contributed by atoms with Gasteiger partial charge in [0.1, 0.15) is 0 Å². The zero-order valence-electron chi connectivity index (χ0n) is 10.1. The first-order chi connectivity index (χ1) is 8.54. The third-order valence-corrected chi connectivity index (χ3v) is 4.20. The van der Waals surface area contributed by atoms with Crippen molar-refractivity contribution in [3.05, 3.63) is 42.0 Å². The summed E-state index contributed by atoms with van der Waals surface area (Å²) in [5, 5.41) is -0.732. The average Bonchev–Trinajstić information content (AvgIpc) is 2.33. The van der Waals surface area contributed by atoms with Crippen LogP contribution in [0.25, 0.3) is 6.08 Å². The molecule has 0 aliphatic heterocycles. The fraction of sp³-hybridized carbons (Fsp3) is 0.385. The molecule has 0 aromatic heterocycles. The molecule has 100 valence electrons. The van der Waals surface area contributed by atoms with Gasteiger partial charge in [0.15, 0.2) is 0 Å². The first kappa shape index (κ1) is 15.3. The van der Waals surface area contributed by atoms with Crippen molar-refractivity contribution in [3.63, 3.8) is 0 Å². The molecule has 0 saturated carbocycles. The van der Waals surface area contributed by atoms with Gasteiger partial charge < -0.3 is 0 Å². The van der Waals surface area contributed by atoms with Crippen LogP contribution in [0.2, 0.25) is 0 Å². The van der Waals surface area contributed by atoms with Crippen molar-refractivity contribution in [2.24, 2.45) is 0 Å². The number of rotatable bonds is 7. The van der Waals surface area contributed by atoms with E-state index in [0.717, 1.165) is 5.56 Å². The van der Waals surface area contributed by atoms with E-state index in [1.54, 1.807) is 6.08 Å². The standard InChI is InChI=1S/C13H18O3S2/c14-18(15,16)13(10-5-11-17)9-4-8-12-6-2-1-3-7-12/h1-4,6-8,13,17H,5,9-11H2,(H,14,15,16). The molecule has 1 atom stereocenters. The second kappa shape index (κ2) is 7.61. The van der Waals surface area contributed by atoms with Gasteiger partial charge in [-0.2, -0.15) is 21.0 Å². The van der Waals surface area contributed by atoms with Crippen molar-refractivity contribution in [2.45, 2.75) is 24.5 Å². The van der Waals surface area contributed by atoms with Crippen LogP contribution in [0.3, 0.4) is 0 Å². The molecular formula is C13H18O3S2. The summed E-state index contributed by atoms with van der Waals surface area (Å²) < 4.78 is 31.5. The van der Waals surface area contributed by atoms with E-state index in [0.29, 0.717) is 25.0 Å². The van der Waals surface area contributed by atoms with Gasteiger partial charge in [0.25, 0.3) is 10.1 Å². The number of allylic oxidation sites excluding steroid dienone is 1. The molecule has 0 heterocycles. The molecule has 0 saturated heterocycles. The van der Waals surface area contributed by atoms with Gasteiger partial charge in [-0.1, -0.05) is 42.5 Å². The van der Waals surface area contributed by atoms with E-state index in [1.165, 1.54) is 0 Å². The van der Waals surface area contributed by atoms with E-state index in [2.05, 4.69) is 12.6 Å². The van der Waals surface area contributed by atoms with E-state index < -0.39 is 15.4 Å². The summed E-state index contributed by atoms with van der Waals surface area (Å²) in [5.74, 6) is 0.619. The highest BCUT2D eigenvalue weighted by Gasteiger charge is 2.20. The van der Waals surface area contributed by atoms with E-state index in [4.69, 9.17) is 4.55 Å². The number of hydrogen-bond acceptors (Lipinski definition) is 3. The summed E-state index contributed by atoms with van der Waals surface area (Å²) in [6, 6.07) is 9.63. The van der Waals surface area contributed by atoms with Crippen molar-refractivity contribution in [2.75, 3.05) is 5.75 Å². The van der Waals surface area contributed by atoms with Gasteiger partial charge in [-0.15, -0.1) is 0 Å². The maximum atomic E-state index is 11.2. The molecule has 0 fully saturated rings. The SMILES string of the molecule is O=S(=O)(O)C(CC=Cc1ccccc1)CCCS. The third-order valence-electron chi connectivity index (χ3n) is 2.61. The predicted octanol–water partition coefficient (Wildman–Crippen LogP) is 3.06. The van der Waals surface area contributed by atoms with Crippen molar-refractivity contribution >= 4 is 28.8 Å². The van der Waals surface area contributed by atoms with Gasteiger partial charge in [0, 0.05) is 0 Å². The lowest BCUT2D eigenvalue weighted by Crippen LogP contribution is -2.19. The predicted molar refractivity (Wildman–Crippen MR) is 78.5 cm³/mol. The number of thiol groups is 1. The van der Waals surface area contributed by atoms with Crippen LogP contribution in [-0.2, 0) is 10.1 Å². The maximum absolute atomic E-state index is 11.2. The molecule has 1 unspecified atom stereocenters. The van der Waals surface area contributed by atoms with Crippen molar-refractivity contribution in [3.8, 4) is 0 Å². The average molecular weight is 286 g/mol. The number of hydrogen-bond donors (Lipinski definition) is 2. The van der Waals surface area contributed by atoms with Crippen LogP contribution in [0.15, 0.2) is 36.4 Å². The highest BCUT2D eigenvalue weighted by molar-refractivity contribution is 7.86. The molecule has 18 heavy (non-hydrogen) atoms. The van der Waals surface area contributed by atoms with E-state index in [1.807, 2.05) is 36.4 Å². The fourth-order valence-electron chi connectivity index (χ4n) is 1.63. The Morgan fingerprint density at radius 2 is 1.94 bits per heavy atom. The van der Waals surface area contributed by atoms with Crippen molar-refractivity contribution in [1.82, 2.24) is 0 Å². The minimum atomic E-state index is -3.98. The zero-order valence-corrected chi connectivity index (χ0v) is 11.8. The molecule has 0 amide bonds. The highest BCUT2D eigenvalue weighted by atomic mass is 32.2. The summed E-state index contributed by atoms with van der Waals surface area (Å²) in [6.45, 7) is 0. The van der Waals surface area contributed by atoms with Crippen LogP contribution >= 0.6 is 12.6 Å². The molecule has 1 aromatic rings. The topological polar surface area (TPSA) is 54.4 Å². The Morgan fingerprint density at radius 3 is 2.50 bits per heavy atom. The quantitative estimate of drug-likeness (QED) is 0.598. The highest BCUT2D eigenvalue weighted by Crippen LogP contribution is 2.14. The van der Waals surface area contributed by atoms with Gasteiger partial charge in [-0.05, 0) is 30.6 Å². The van der Waals surface area contributed by atoms with Crippen molar-refractivity contribution < 1.29 is 13.0 Å². The maximum Gasteiger partial charge on any atom is 0.268 e. The van der Waals surface area contributed by atoms with Gasteiger partial charge in [-0.25, -0.2) is 0 Å². The molecule has 0 spiro atoms. The Labute approximate surface area is 114 Å². The molecule has 0 aliphatic carbocycles. The zero-order chi connectivity index (χ0) is 13.4. The Bertz CT molecular complexity index is 466. The molecule has 3 nitrogen and oxygen atoms in total. The summed E-state index contributed by atoms with van der Waals surface area (Å²) >= 11 is 4.04. The Kier molecular flexibility index (Phi) is 6.46. The minimum Gasteiger partial charge on any atom is -0.285 e. The molecule has 0 bridgehead atoms. The van der Waals surface area contributed by atoms with Crippen LogP contribution in [0.1, 0.15) is 24.8 Å². The van der Waals surface area contributed by atoms with E-state index >= 15 is 0 Å². The number of benzene rings is 1. The van der Waals surface area contributed by atoms with Crippen molar-refractivity contribution in [1.29, 1.82) is 0 Å². The normalized spacial score (nSPS) is 13.9. The molecule has 0 aliphatic rings. The van der Waals surface area contributed by atoms with Gasteiger partial charge in [0.05, 0.1) is 5.25 Å². The van der Waals surface area contributed by atoms with Gasteiger partial charge in [0.2, 0.25) is 0 Å². The summed E-state index contributed by atoms with van der Waals surface area (Å²) in [5.41, 5.74) is 1.01. The van der Waals surface area contributed by atoms with Gasteiger partial charge in [-0.3, -0.25) is 4.55 Å². The van der Waals surface area contributed by atoms with Crippen LogP contribution in [-0.4, -0.2) is 24.0 Å². The second-order valence-corrected chi connectivity index (χ2v) is 6.20. The third kappa shape index (κ3) is 5.71. The molecule has 1 N–H and O–H groups in total. The van der Waals surface area contributed by atoms with E-state index in [9.17, 15) is 8.42 Å². The lowest BCUT2D eigenvalue weighted by molar-refractivity contribution is 0.461. The van der Waals surface area contributed by atoms with Crippen LogP contribution in [0.4, 0.5) is 0 Å². The monoisotopic (exact) mass is 286 g/mol. The lowest BCUT2D eigenvalue weighted by atomic mass is 10.1. The molecular weight excluding hydrogens is 268 g/mol. The molecule has 1 rings (SSSR count). The largest absolute Gasteiger partial charge is 0.285 e. The first-order valence-corrected chi connectivity index (χ1v) is 7.96. The van der Waals surface area contributed by atoms with Gasteiger partial charge >= 0.3 is 0 Å². The Morgan fingerprint density at radius 1 is 1.28 bits per heavy atom. The second-order valence-electron chi connectivity index (χ2n) is 4.05. The van der Waals surface area contributed by atoms with Crippen LogP contribution in [0, 0.1) is 0 Å². The molecule has 5 heteroatoms. The Balaban J connectivity index is 2.60. The molecule has 0 radical (unpaired) electrons. The summed E-state index contributed by atoms with van der Waals surface area (Å²) in [6.07, 6.45) is 5.07. The summed E-state index contributed by atoms with van der Waals surface area (Å²) in [4.78, 5) is 0. The van der Waals surface area contributed by atoms with Crippen LogP contribution in [0.5, 0.6) is 0 Å². The fourth-order valence-corrected chi connectivity index (χ4v) is 2.63.